The highest BCUT2D eigenvalue weighted by atomic mass is 127. The van der Waals surface area contributed by atoms with Crippen LogP contribution >= 0.6 is 22.6 Å². The van der Waals surface area contributed by atoms with Gasteiger partial charge in [0.1, 0.15) is 13.2 Å². The Kier molecular flexibility index (Phi) is 2.85. The van der Waals surface area contributed by atoms with Gasteiger partial charge in [-0.25, -0.2) is 0 Å². The number of rotatable bonds is 1. The van der Waals surface area contributed by atoms with Crippen LogP contribution in [-0.2, 0) is 0 Å². The Bertz CT molecular complexity index is 347. The van der Waals surface area contributed by atoms with Gasteiger partial charge in [-0.2, -0.15) is 0 Å². The second-order valence-electron chi connectivity index (χ2n) is 3.67. The maximum Gasteiger partial charge on any atom is 0.164 e. The maximum atomic E-state index is 5.64. The fraction of sp³-hybridized carbons (Fsp3) is 0.455. The van der Waals surface area contributed by atoms with Crippen molar-refractivity contribution in [3.63, 3.8) is 0 Å². The van der Waals surface area contributed by atoms with Crippen molar-refractivity contribution in [1.29, 1.82) is 0 Å². The molecule has 0 saturated carbocycles. The Balaban J connectivity index is 2.52. The van der Waals surface area contributed by atoms with Gasteiger partial charge in [0.15, 0.2) is 11.5 Å². The lowest BCUT2D eigenvalue weighted by molar-refractivity contribution is 0.169. The molecule has 1 aliphatic rings. The zero-order chi connectivity index (χ0) is 10.1. The van der Waals surface area contributed by atoms with Crippen molar-refractivity contribution in [3.8, 4) is 11.5 Å². The van der Waals surface area contributed by atoms with Crippen LogP contribution in [0.4, 0.5) is 0 Å². The van der Waals surface area contributed by atoms with Gasteiger partial charge in [0.05, 0.1) is 0 Å². The van der Waals surface area contributed by atoms with Crippen LogP contribution in [0, 0.1) is 3.57 Å². The SMILES string of the molecule is CC(C)c1cc(I)cc2c1OCCO2. The molecule has 1 heterocycles. The molecule has 1 aromatic rings. The van der Waals surface area contributed by atoms with Gasteiger partial charge in [-0.05, 0) is 40.6 Å². The van der Waals surface area contributed by atoms with Gasteiger partial charge < -0.3 is 9.47 Å². The largest absolute Gasteiger partial charge is 0.486 e. The van der Waals surface area contributed by atoms with Crippen LogP contribution < -0.4 is 9.47 Å². The van der Waals surface area contributed by atoms with E-state index in [1.807, 2.05) is 6.07 Å². The van der Waals surface area contributed by atoms with Crippen LogP contribution in [-0.4, -0.2) is 13.2 Å². The predicted octanol–water partition coefficient (Wildman–Crippen LogP) is 3.19. The molecule has 0 radical (unpaired) electrons. The number of halogens is 1. The van der Waals surface area contributed by atoms with Gasteiger partial charge in [0.25, 0.3) is 0 Å². The van der Waals surface area contributed by atoms with Gasteiger partial charge in [0.2, 0.25) is 0 Å². The minimum absolute atomic E-state index is 0.472. The standard InChI is InChI=1S/C11H13IO2/c1-7(2)9-5-8(12)6-10-11(9)14-4-3-13-10/h5-7H,3-4H2,1-2H3. The monoisotopic (exact) mass is 304 g/mol. The van der Waals surface area contributed by atoms with E-state index in [-0.39, 0.29) is 0 Å². The van der Waals surface area contributed by atoms with Crippen molar-refractivity contribution in [1.82, 2.24) is 0 Å². The van der Waals surface area contributed by atoms with E-state index in [0.717, 1.165) is 11.5 Å². The van der Waals surface area contributed by atoms with Gasteiger partial charge in [-0.1, -0.05) is 13.8 Å². The first kappa shape index (κ1) is 10.1. The van der Waals surface area contributed by atoms with Crippen molar-refractivity contribution >= 4 is 22.6 Å². The third-order valence-corrected chi connectivity index (χ3v) is 2.88. The number of hydrogen-bond donors (Lipinski definition) is 0. The molecule has 2 nitrogen and oxygen atoms in total. The highest BCUT2D eigenvalue weighted by Gasteiger charge is 2.18. The van der Waals surface area contributed by atoms with E-state index in [2.05, 4.69) is 42.5 Å². The second-order valence-corrected chi connectivity index (χ2v) is 4.92. The molecule has 0 amide bonds. The average molecular weight is 304 g/mol. The average Bonchev–Trinajstić information content (AvgIpc) is 2.16. The highest BCUT2D eigenvalue weighted by Crippen LogP contribution is 2.39. The summed E-state index contributed by atoms with van der Waals surface area (Å²) in [5, 5.41) is 0. The van der Waals surface area contributed by atoms with Crippen LogP contribution in [0.1, 0.15) is 25.3 Å². The number of fused-ring (bicyclic) bond motifs is 1. The zero-order valence-corrected chi connectivity index (χ0v) is 10.5. The molecular formula is C11H13IO2. The summed E-state index contributed by atoms with van der Waals surface area (Å²) in [6, 6.07) is 4.19. The Labute approximate surface area is 97.7 Å². The van der Waals surface area contributed by atoms with Crippen molar-refractivity contribution in [2.24, 2.45) is 0 Å². The van der Waals surface area contributed by atoms with Crippen molar-refractivity contribution in [2.75, 3.05) is 13.2 Å². The molecule has 0 atom stereocenters. The third-order valence-electron chi connectivity index (χ3n) is 2.26. The van der Waals surface area contributed by atoms with Crippen LogP contribution in [0.3, 0.4) is 0 Å². The Morgan fingerprint density at radius 1 is 1.21 bits per heavy atom. The smallest absolute Gasteiger partial charge is 0.164 e. The third kappa shape index (κ3) is 1.82. The van der Waals surface area contributed by atoms with E-state index in [1.165, 1.54) is 9.13 Å². The molecule has 2 rings (SSSR count). The molecule has 0 fully saturated rings. The molecule has 0 N–H and O–H groups in total. The summed E-state index contributed by atoms with van der Waals surface area (Å²) in [7, 11) is 0. The highest BCUT2D eigenvalue weighted by molar-refractivity contribution is 14.1. The van der Waals surface area contributed by atoms with E-state index in [1.54, 1.807) is 0 Å². The molecule has 14 heavy (non-hydrogen) atoms. The Morgan fingerprint density at radius 3 is 2.64 bits per heavy atom. The van der Waals surface area contributed by atoms with E-state index in [0.29, 0.717) is 19.1 Å². The number of ether oxygens (including phenoxy) is 2. The van der Waals surface area contributed by atoms with Crippen molar-refractivity contribution in [3.05, 3.63) is 21.3 Å². The summed E-state index contributed by atoms with van der Waals surface area (Å²) in [6.45, 7) is 5.66. The molecule has 76 valence electrons. The summed E-state index contributed by atoms with van der Waals surface area (Å²) < 4.78 is 12.4. The summed E-state index contributed by atoms with van der Waals surface area (Å²) in [6.07, 6.45) is 0. The minimum atomic E-state index is 0.472. The van der Waals surface area contributed by atoms with Gasteiger partial charge >= 0.3 is 0 Å². The van der Waals surface area contributed by atoms with E-state index >= 15 is 0 Å². The van der Waals surface area contributed by atoms with Crippen LogP contribution in [0.15, 0.2) is 12.1 Å². The molecule has 0 unspecified atom stereocenters. The minimum Gasteiger partial charge on any atom is -0.486 e. The van der Waals surface area contributed by atoms with E-state index in [9.17, 15) is 0 Å². The number of benzene rings is 1. The van der Waals surface area contributed by atoms with Gasteiger partial charge in [0, 0.05) is 9.13 Å². The maximum absolute atomic E-state index is 5.64. The first-order chi connectivity index (χ1) is 6.68. The molecule has 0 aliphatic carbocycles. The van der Waals surface area contributed by atoms with Crippen molar-refractivity contribution in [2.45, 2.75) is 19.8 Å². The molecular weight excluding hydrogens is 291 g/mol. The lowest BCUT2D eigenvalue weighted by Gasteiger charge is -2.22. The van der Waals surface area contributed by atoms with Crippen molar-refractivity contribution < 1.29 is 9.47 Å². The van der Waals surface area contributed by atoms with E-state index < -0.39 is 0 Å². The second kappa shape index (κ2) is 3.96. The van der Waals surface area contributed by atoms with Gasteiger partial charge in [-0.15, -0.1) is 0 Å². The molecule has 3 heteroatoms. The van der Waals surface area contributed by atoms with Crippen LogP contribution in [0.5, 0.6) is 11.5 Å². The number of hydrogen-bond acceptors (Lipinski definition) is 2. The van der Waals surface area contributed by atoms with Crippen LogP contribution in [0.25, 0.3) is 0 Å². The predicted molar refractivity (Wildman–Crippen MR) is 64.2 cm³/mol. The molecule has 0 saturated heterocycles. The van der Waals surface area contributed by atoms with Crippen LogP contribution in [0.2, 0.25) is 0 Å². The molecule has 1 aliphatic heterocycles. The molecule has 0 bridgehead atoms. The summed E-state index contributed by atoms with van der Waals surface area (Å²) in [4.78, 5) is 0. The first-order valence-electron chi connectivity index (χ1n) is 4.77. The summed E-state index contributed by atoms with van der Waals surface area (Å²) >= 11 is 2.31. The molecule has 1 aromatic carbocycles. The zero-order valence-electron chi connectivity index (χ0n) is 8.34. The van der Waals surface area contributed by atoms with E-state index in [4.69, 9.17) is 9.47 Å². The summed E-state index contributed by atoms with van der Waals surface area (Å²) in [5.74, 6) is 2.30. The molecule has 0 aromatic heterocycles. The Hall–Kier alpha value is -0.450. The quantitative estimate of drug-likeness (QED) is 0.742. The first-order valence-corrected chi connectivity index (χ1v) is 5.85. The normalized spacial score (nSPS) is 14.6. The fourth-order valence-corrected chi connectivity index (χ4v) is 2.19. The lowest BCUT2D eigenvalue weighted by atomic mass is 10.0. The summed E-state index contributed by atoms with van der Waals surface area (Å²) in [5.41, 5.74) is 1.24. The lowest BCUT2D eigenvalue weighted by Crippen LogP contribution is -2.17. The fourth-order valence-electron chi connectivity index (χ4n) is 1.57. The Morgan fingerprint density at radius 2 is 1.93 bits per heavy atom. The van der Waals surface area contributed by atoms with Gasteiger partial charge in [-0.3, -0.25) is 0 Å². The topological polar surface area (TPSA) is 18.5 Å². The molecule has 0 spiro atoms.